The molecule has 0 aromatic heterocycles. The highest BCUT2D eigenvalue weighted by Gasteiger charge is 2.33. The highest BCUT2D eigenvalue weighted by Crippen LogP contribution is 2.31. The molecule has 3 aliphatic rings. The molecule has 1 saturated carbocycles. The Kier molecular flexibility index (Phi) is 4.02. The maximum absolute atomic E-state index is 11.8. The van der Waals surface area contributed by atoms with Gasteiger partial charge in [-0.15, -0.1) is 0 Å². The standard InChI is InChI=1S/C19H27N3O/c1-14-3-2-11-22(14)18-10-12-21(13-18)17-8-6-16(7-9-17)20-19(23)15-4-5-15/h6-9,14-15,18H,2-5,10-13H2,1H3,(H,20,23). The molecule has 0 bridgehead atoms. The van der Waals surface area contributed by atoms with Gasteiger partial charge in [-0.1, -0.05) is 0 Å². The minimum Gasteiger partial charge on any atom is -0.370 e. The SMILES string of the molecule is CC1CCCN1C1CCN(c2ccc(NC(=O)C3CC3)cc2)C1. The second-order valence-corrected chi connectivity index (χ2v) is 7.43. The van der Waals surface area contributed by atoms with Gasteiger partial charge in [0.15, 0.2) is 0 Å². The van der Waals surface area contributed by atoms with E-state index in [1.54, 1.807) is 0 Å². The molecule has 1 aliphatic carbocycles. The van der Waals surface area contributed by atoms with Gasteiger partial charge in [-0.2, -0.15) is 0 Å². The lowest BCUT2D eigenvalue weighted by atomic mass is 10.2. The first-order valence-corrected chi connectivity index (χ1v) is 9.12. The molecule has 2 unspecified atom stereocenters. The number of hydrogen-bond acceptors (Lipinski definition) is 3. The second kappa shape index (κ2) is 6.16. The van der Waals surface area contributed by atoms with Crippen LogP contribution in [0.5, 0.6) is 0 Å². The van der Waals surface area contributed by atoms with Crippen LogP contribution in [0.3, 0.4) is 0 Å². The third kappa shape index (κ3) is 3.23. The van der Waals surface area contributed by atoms with Crippen LogP contribution in [0, 0.1) is 5.92 Å². The maximum atomic E-state index is 11.8. The topological polar surface area (TPSA) is 35.6 Å². The van der Waals surface area contributed by atoms with Crippen LogP contribution in [-0.2, 0) is 4.79 Å². The minimum absolute atomic E-state index is 0.182. The Morgan fingerprint density at radius 1 is 1.09 bits per heavy atom. The smallest absolute Gasteiger partial charge is 0.227 e. The second-order valence-electron chi connectivity index (χ2n) is 7.43. The van der Waals surface area contributed by atoms with Gasteiger partial charge in [0.05, 0.1) is 0 Å². The number of rotatable bonds is 4. The number of likely N-dealkylation sites (tertiary alicyclic amines) is 1. The number of hydrogen-bond donors (Lipinski definition) is 1. The highest BCUT2D eigenvalue weighted by atomic mass is 16.2. The van der Waals surface area contributed by atoms with E-state index in [1.807, 2.05) is 12.1 Å². The van der Waals surface area contributed by atoms with Crippen molar-refractivity contribution >= 4 is 17.3 Å². The van der Waals surface area contributed by atoms with Crippen LogP contribution in [0.15, 0.2) is 24.3 Å². The molecular formula is C19H27N3O. The van der Waals surface area contributed by atoms with Crippen molar-refractivity contribution in [3.8, 4) is 0 Å². The largest absolute Gasteiger partial charge is 0.370 e. The molecule has 4 rings (SSSR count). The van der Waals surface area contributed by atoms with Crippen molar-refractivity contribution < 1.29 is 4.79 Å². The lowest BCUT2D eigenvalue weighted by molar-refractivity contribution is -0.117. The first-order valence-electron chi connectivity index (χ1n) is 9.12. The van der Waals surface area contributed by atoms with E-state index >= 15 is 0 Å². The Morgan fingerprint density at radius 3 is 2.52 bits per heavy atom. The first-order chi connectivity index (χ1) is 11.2. The van der Waals surface area contributed by atoms with Gasteiger partial charge in [-0.25, -0.2) is 0 Å². The Hall–Kier alpha value is -1.55. The third-order valence-corrected chi connectivity index (χ3v) is 5.68. The average Bonchev–Trinajstić information content (AvgIpc) is 3.15. The lowest BCUT2D eigenvalue weighted by Crippen LogP contribution is -2.39. The number of nitrogens with one attached hydrogen (secondary N) is 1. The summed E-state index contributed by atoms with van der Waals surface area (Å²) in [6, 6.07) is 9.85. The third-order valence-electron chi connectivity index (χ3n) is 5.68. The van der Waals surface area contributed by atoms with Crippen LogP contribution in [0.4, 0.5) is 11.4 Å². The predicted molar refractivity (Wildman–Crippen MR) is 93.8 cm³/mol. The van der Waals surface area contributed by atoms with E-state index in [1.165, 1.54) is 31.5 Å². The molecule has 2 atom stereocenters. The van der Waals surface area contributed by atoms with E-state index in [0.717, 1.165) is 37.7 Å². The molecule has 2 heterocycles. The molecule has 124 valence electrons. The number of carbonyl (C=O) groups excluding carboxylic acids is 1. The number of anilines is 2. The Bertz CT molecular complexity index is 566. The van der Waals surface area contributed by atoms with Gasteiger partial charge >= 0.3 is 0 Å². The van der Waals surface area contributed by atoms with Crippen molar-refractivity contribution in [2.75, 3.05) is 29.9 Å². The van der Waals surface area contributed by atoms with E-state index in [-0.39, 0.29) is 11.8 Å². The Labute approximate surface area is 138 Å². The quantitative estimate of drug-likeness (QED) is 0.928. The van der Waals surface area contributed by atoms with E-state index in [4.69, 9.17) is 0 Å². The van der Waals surface area contributed by atoms with Gasteiger partial charge in [0, 0.05) is 42.5 Å². The average molecular weight is 313 g/mol. The van der Waals surface area contributed by atoms with Crippen molar-refractivity contribution in [2.24, 2.45) is 5.92 Å². The summed E-state index contributed by atoms with van der Waals surface area (Å²) in [6.07, 6.45) is 6.07. The zero-order chi connectivity index (χ0) is 15.8. The van der Waals surface area contributed by atoms with Gasteiger partial charge in [-0.05, 0) is 69.8 Å². The summed E-state index contributed by atoms with van der Waals surface area (Å²) in [5.74, 6) is 0.443. The van der Waals surface area contributed by atoms with E-state index in [0.29, 0.717) is 6.04 Å². The molecular weight excluding hydrogens is 286 g/mol. The van der Waals surface area contributed by atoms with Gasteiger partial charge in [0.25, 0.3) is 0 Å². The van der Waals surface area contributed by atoms with E-state index < -0.39 is 0 Å². The summed E-state index contributed by atoms with van der Waals surface area (Å²) >= 11 is 0. The van der Waals surface area contributed by atoms with Gasteiger partial charge in [-0.3, -0.25) is 9.69 Å². The molecule has 23 heavy (non-hydrogen) atoms. The van der Waals surface area contributed by atoms with Crippen molar-refractivity contribution in [3.63, 3.8) is 0 Å². The normalized spacial score (nSPS) is 28.3. The predicted octanol–water partition coefficient (Wildman–Crippen LogP) is 3.10. The van der Waals surface area contributed by atoms with Crippen molar-refractivity contribution in [1.29, 1.82) is 0 Å². The molecule has 1 aromatic carbocycles. The molecule has 4 heteroatoms. The number of nitrogens with zero attached hydrogens (tertiary/aromatic N) is 2. The molecule has 4 nitrogen and oxygen atoms in total. The van der Waals surface area contributed by atoms with Crippen molar-refractivity contribution in [3.05, 3.63) is 24.3 Å². The van der Waals surface area contributed by atoms with Gasteiger partial charge in [0.2, 0.25) is 5.91 Å². The first kappa shape index (κ1) is 15.0. The van der Waals surface area contributed by atoms with Crippen LogP contribution >= 0.6 is 0 Å². The fraction of sp³-hybridized carbons (Fsp3) is 0.632. The monoisotopic (exact) mass is 313 g/mol. The van der Waals surface area contributed by atoms with Crippen LogP contribution in [0.1, 0.15) is 39.0 Å². The van der Waals surface area contributed by atoms with Crippen LogP contribution in [-0.4, -0.2) is 42.5 Å². The van der Waals surface area contributed by atoms with Crippen LogP contribution < -0.4 is 10.2 Å². The van der Waals surface area contributed by atoms with Crippen LogP contribution in [0.2, 0.25) is 0 Å². The summed E-state index contributed by atoms with van der Waals surface area (Å²) in [5, 5.41) is 3.02. The fourth-order valence-corrected chi connectivity index (χ4v) is 4.09. The molecule has 2 saturated heterocycles. The van der Waals surface area contributed by atoms with Gasteiger partial charge in [0.1, 0.15) is 0 Å². The zero-order valence-electron chi connectivity index (χ0n) is 14.0. The zero-order valence-corrected chi connectivity index (χ0v) is 14.0. The van der Waals surface area contributed by atoms with Gasteiger partial charge < -0.3 is 10.2 Å². The number of amides is 1. The molecule has 1 N–H and O–H groups in total. The number of carbonyl (C=O) groups is 1. The summed E-state index contributed by atoms with van der Waals surface area (Å²) in [6.45, 7) is 5.92. The lowest BCUT2D eigenvalue weighted by Gasteiger charge is -2.28. The Morgan fingerprint density at radius 2 is 1.87 bits per heavy atom. The van der Waals surface area contributed by atoms with Crippen LogP contribution in [0.25, 0.3) is 0 Å². The van der Waals surface area contributed by atoms with E-state index in [2.05, 4.69) is 34.2 Å². The molecule has 1 amide bonds. The Balaban J connectivity index is 1.36. The van der Waals surface area contributed by atoms with Crippen molar-refractivity contribution in [1.82, 2.24) is 4.90 Å². The summed E-state index contributed by atoms with van der Waals surface area (Å²) < 4.78 is 0. The van der Waals surface area contributed by atoms with E-state index in [9.17, 15) is 4.79 Å². The molecule has 1 aromatic rings. The fourth-order valence-electron chi connectivity index (χ4n) is 4.09. The molecule has 2 aliphatic heterocycles. The summed E-state index contributed by atoms with van der Waals surface area (Å²) in [7, 11) is 0. The molecule has 3 fully saturated rings. The summed E-state index contributed by atoms with van der Waals surface area (Å²) in [5.41, 5.74) is 2.21. The number of benzene rings is 1. The van der Waals surface area contributed by atoms with Crippen molar-refractivity contribution in [2.45, 2.75) is 51.1 Å². The minimum atomic E-state index is 0.182. The highest BCUT2D eigenvalue weighted by molar-refractivity contribution is 5.94. The molecule has 0 radical (unpaired) electrons. The maximum Gasteiger partial charge on any atom is 0.227 e. The summed E-state index contributed by atoms with van der Waals surface area (Å²) in [4.78, 5) is 17.0. The molecule has 0 spiro atoms.